The maximum atomic E-state index is 13.2. The third-order valence-corrected chi connectivity index (χ3v) is 8.20. The molecule has 0 aromatic heterocycles. The van der Waals surface area contributed by atoms with Crippen LogP contribution in [-0.2, 0) is 71.9 Å². The number of sulfonamides is 1. The molecular weight excluding hydrogens is 788 g/mol. The van der Waals surface area contributed by atoms with Crippen LogP contribution in [0.15, 0.2) is 53.7 Å². The lowest BCUT2D eigenvalue weighted by Gasteiger charge is -2.21. The number of rotatable bonds is 23. The number of hydrogen-bond acceptors (Lipinski definition) is 18. The van der Waals surface area contributed by atoms with Crippen LogP contribution in [0.2, 0.25) is 0 Å². The zero-order valence-electron chi connectivity index (χ0n) is 33.9. The molecule has 1 rings (SSSR count). The average Bonchev–Trinajstić information content (AvgIpc) is 3.14. The normalized spacial score (nSPS) is 14.4. The maximum absolute atomic E-state index is 13.2. The van der Waals surface area contributed by atoms with Crippen molar-refractivity contribution in [2.45, 2.75) is 117 Å². The number of allylic oxidation sites excluding steroid dienone is 4. The van der Waals surface area contributed by atoms with Crippen LogP contribution in [0.4, 0.5) is 5.69 Å². The number of carbonyl (C=O) groups is 7. The van der Waals surface area contributed by atoms with E-state index in [1.165, 1.54) is 19.1 Å². The highest BCUT2D eigenvalue weighted by atomic mass is 32.2. The molecule has 58 heavy (non-hydrogen) atoms. The van der Waals surface area contributed by atoms with E-state index in [0.717, 1.165) is 47.1 Å². The summed E-state index contributed by atoms with van der Waals surface area (Å²) in [7, 11) is -4.51. The van der Waals surface area contributed by atoms with Gasteiger partial charge in [-0.25, -0.2) is 47.1 Å². The molecule has 322 valence electrons. The number of unbranched alkanes of at least 4 members (excludes halogenated alkanes) is 1. The van der Waals surface area contributed by atoms with Gasteiger partial charge in [0.25, 0.3) is 0 Å². The van der Waals surface area contributed by atoms with Crippen molar-refractivity contribution in [2.24, 2.45) is 5.14 Å². The maximum Gasteiger partial charge on any atom is 0.348 e. The Bertz CT molecular complexity index is 1840. The van der Waals surface area contributed by atoms with E-state index in [1.54, 1.807) is 32.1 Å². The van der Waals surface area contributed by atoms with Crippen molar-refractivity contribution in [3.8, 4) is 5.75 Å². The van der Waals surface area contributed by atoms with E-state index < -0.39 is 93.3 Å². The van der Waals surface area contributed by atoms with Gasteiger partial charge in [0.1, 0.15) is 10.7 Å². The second kappa shape index (κ2) is 24.1. The van der Waals surface area contributed by atoms with E-state index in [1.807, 2.05) is 6.92 Å². The fraction of sp³-hybridized carbons (Fsp3) is 0.500. The number of primary sulfonamides is 1. The van der Waals surface area contributed by atoms with Crippen LogP contribution >= 0.6 is 0 Å². The van der Waals surface area contributed by atoms with Crippen molar-refractivity contribution in [3.05, 3.63) is 54.3 Å². The number of nitrogens with two attached hydrogens (primary N) is 1. The topological polar surface area (TPSA) is 266 Å². The van der Waals surface area contributed by atoms with Gasteiger partial charge in [-0.05, 0) is 80.0 Å². The first-order valence-corrected chi connectivity index (χ1v) is 19.6. The molecule has 0 bridgehead atoms. The molecule has 3 N–H and O–H groups in total. The van der Waals surface area contributed by atoms with Gasteiger partial charge >= 0.3 is 41.8 Å². The van der Waals surface area contributed by atoms with Gasteiger partial charge in [-0.2, -0.15) is 0 Å². The van der Waals surface area contributed by atoms with Crippen molar-refractivity contribution in [2.75, 3.05) is 18.5 Å². The smallest absolute Gasteiger partial charge is 0.348 e. The molecule has 19 nitrogen and oxygen atoms in total. The molecule has 0 amide bonds. The molecule has 0 saturated heterocycles. The third kappa shape index (κ3) is 16.8. The van der Waals surface area contributed by atoms with E-state index in [2.05, 4.69) is 11.9 Å². The highest BCUT2D eigenvalue weighted by molar-refractivity contribution is 7.89. The molecule has 0 radical (unpaired) electrons. The summed E-state index contributed by atoms with van der Waals surface area (Å²) in [4.78, 5) is 86.8. The minimum absolute atomic E-state index is 0.0533. The SMILES string of the molecule is C=C(/C=C\C=C/C)Oc1c(NCCCC)cc(C(=O)O[C@@H](C)C(=O)O[C@@H](C)C(=O)O[C@@H](C)C(=O)O[C@@H](C)C(=O)O[C@@H](C)C(=O)O[C@@H](C)C(=O)OCC)cc1S(N)(=O)=O. The lowest BCUT2D eigenvalue weighted by Crippen LogP contribution is -2.39. The number of esters is 7. The number of carbonyl (C=O) groups excluding carboxylic acids is 7. The first-order chi connectivity index (χ1) is 27.1. The van der Waals surface area contributed by atoms with Gasteiger partial charge in [0.2, 0.25) is 10.0 Å². The molecule has 0 heterocycles. The first-order valence-electron chi connectivity index (χ1n) is 18.1. The second-order valence-electron chi connectivity index (χ2n) is 12.3. The Hall–Kier alpha value is -5.76. The van der Waals surface area contributed by atoms with E-state index in [9.17, 15) is 42.0 Å². The van der Waals surface area contributed by atoms with Crippen LogP contribution in [0.25, 0.3) is 0 Å². The Kier molecular flexibility index (Phi) is 20.9. The molecule has 0 spiro atoms. The van der Waals surface area contributed by atoms with E-state index in [4.69, 9.17) is 43.0 Å². The Morgan fingerprint density at radius 3 is 1.53 bits per heavy atom. The number of ether oxygens (including phenoxy) is 8. The summed E-state index contributed by atoms with van der Waals surface area (Å²) in [6.45, 7) is 16.3. The molecule has 0 aliphatic carbocycles. The highest BCUT2D eigenvalue weighted by Gasteiger charge is 2.33. The molecular formula is C38H52N2O17S. The highest BCUT2D eigenvalue weighted by Crippen LogP contribution is 2.35. The van der Waals surface area contributed by atoms with E-state index >= 15 is 0 Å². The Labute approximate surface area is 337 Å². The summed E-state index contributed by atoms with van der Waals surface area (Å²) in [6, 6.07) is 2.15. The summed E-state index contributed by atoms with van der Waals surface area (Å²) in [6.07, 6.45) is -1.32. The number of nitrogens with one attached hydrogen (secondary N) is 1. The second-order valence-corrected chi connectivity index (χ2v) is 13.9. The third-order valence-electron chi connectivity index (χ3n) is 7.29. The zero-order valence-corrected chi connectivity index (χ0v) is 34.7. The molecule has 6 atom stereocenters. The van der Waals surface area contributed by atoms with Crippen molar-refractivity contribution >= 4 is 57.5 Å². The van der Waals surface area contributed by atoms with Crippen LogP contribution in [0.3, 0.4) is 0 Å². The van der Waals surface area contributed by atoms with Crippen LogP contribution in [0.5, 0.6) is 5.75 Å². The fourth-order valence-corrected chi connectivity index (χ4v) is 4.84. The van der Waals surface area contributed by atoms with Crippen molar-refractivity contribution in [1.29, 1.82) is 0 Å². The molecule has 1 aromatic rings. The quantitative estimate of drug-likeness (QED) is 0.0526. The Morgan fingerprint density at radius 1 is 0.707 bits per heavy atom. The summed E-state index contributed by atoms with van der Waals surface area (Å²) >= 11 is 0. The van der Waals surface area contributed by atoms with Gasteiger partial charge in [0.05, 0.1) is 17.9 Å². The fourth-order valence-electron chi connectivity index (χ4n) is 4.13. The molecule has 0 fully saturated rings. The number of anilines is 1. The van der Waals surface area contributed by atoms with Gasteiger partial charge in [-0.3, -0.25) is 0 Å². The standard InChI is InChI=1S/C38H52N2O17S/c1-11-14-16-17-21(4)51-31-29(40-18-15-12-2)19-28(20-30(31)58(39,48)49)38(47)57-27(10)37(46)56-26(9)36(45)55-25(8)35(44)54-24(7)34(43)53-23(6)33(42)52-22(5)32(41)50-13-3/h11,14,16-17,19-20,22-27,40H,4,12-13,15,18H2,1-3,5-10H3,(H2,39,48,49)/b14-11-,17-16-/t22-,23-,24-,25-,26-,27-/m0/s1. The molecule has 0 saturated carbocycles. The Balaban J connectivity index is 2.94. The number of hydrogen-bond donors (Lipinski definition) is 2. The zero-order chi connectivity index (χ0) is 44.3. The predicted molar refractivity (Wildman–Crippen MR) is 204 cm³/mol. The summed E-state index contributed by atoms with van der Waals surface area (Å²) < 4.78 is 65.8. The van der Waals surface area contributed by atoms with E-state index in [-0.39, 0.29) is 29.4 Å². The molecule has 0 aliphatic heterocycles. The van der Waals surface area contributed by atoms with Crippen LogP contribution in [-0.4, -0.2) is 100.0 Å². The van der Waals surface area contributed by atoms with Crippen molar-refractivity contribution < 1.29 is 79.9 Å². The molecule has 0 unspecified atom stereocenters. The summed E-state index contributed by atoms with van der Waals surface area (Å²) in [5.41, 5.74) is -0.268. The van der Waals surface area contributed by atoms with Gasteiger partial charge in [0, 0.05) is 6.54 Å². The van der Waals surface area contributed by atoms with Gasteiger partial charge < -0.3 is 43.2 Å². The van der Waals surface area contributed by atoms with Crippen molar-refractivity contribution in [1.82, 2.24) is 0 Å². The van der Waals surface area contributed by atoms with Gasteiger partial charge in [-0.1, -0.05) is 38.2 Å². The van der Waals surface area contributed by atoms with Crippen LogP contribution < -0.4 is 15.2 Å². The van der Waals surface area contributed by atoms with E-state index in [0.29, 0.717) is 13.0 Å². The largest absolute Gasteiger partial charge is 0.463 e. The molecule has 20 heteroatoms. The first kappa shape index (κ1) is 50.3. The Morgan fingerprint density at radius 2 is 1.14 bits per heavy atom. The average molecular weight is 841 g/mol. The lowest BCUT2D eigenvalue weighted by molar-refractivity contribution is -0.187. The minimum atomic E-state index is -4.51. The van der Waals surface area contributed by atoms with Gasteiger partial charge in [-0.15, -0.1) is 0 Å². The van der Waals surface area contributed by atoms with Crippen molar-refractivity contribution in [3.63, 3.8) is 0 Å². The summed E-state index contributed by atoms with van der Waals surface area (Å²) in [5.74, 6) is -8.04. The number of benzene rings is 1. The molecule has 0 aliphatic rings. The van der Waals surface area contributed by atoms with Crippen LogP contribution in [0, 0.1) is 0 Å². The lowest BCUT2D eigenvalue weighted by atomic mass is 10.1. The predicted octanol–water partition coefficient (Wildman–Crippen LogP) is 3.34. The monoisotopic (exact) mass is 840 g/mol. The minimum Gasteiger partial charge on any atom is -0.463 e. The van der Waals surface area contributed by atoms with Gasteiger partial charge in [0.15, 0.2) is 42.4 Å². The summed E-state index contributed by atoms with van der Waals surface area (Å²) in [5, 5.41) is 8.50. The molecule has 1 aromatic carbocycles. The van der Waals surface area contributed by atoms with Crippen LogP contribution in [0.1, 0.15) is 85.5 Å².